The normalized spacial score (nSPS) is 15.3. The second-order valence-corrected chi connectivity index (χ2v) is 8.31. The Morgan fingerprint density at radius 2 is 1.78 bits per heavy atom. The van der Waals surface area contributed by atoms with Gasteiger partial charge in [-0.3, -0.25) is 4.79 Å². The van der Waals surface area contributed by atoms with Crippen LogP contribution in [0.3, 0.4) is 0 Å². The number of halogens is 1. The molecule has 3 N–H and O–H groups in total. The van der Waals surface area contributed by atoms with E-state index in [2.05, 4.69) is 4.72 Å². The van der Waals surface area contributed by atoms with Crippen molar-refractivity contribution in [2.75, 3.05) is 6.54 Å². The molecule has 0 aliphatic heterocycles. The van der Waals surface area contributed by atoms with Crippen LogP contribution in [0.2, 0.25) is 5.02 Å². The van der Waals surface area contributed by atoms with Gasteiger partial charge in [0.05, 0.1) is 4.90 Å². The number of hydrogen-bond acceptors (Lipinski definition) is 4. The van der Waals surface area contributed by atoms with Gasteiger partial charge in [0, 0.05) is 18.5 Å². The fraction of sp³-hybridized carbons (Fsp3) is 0.278. The monoisotopic (exact) mass is 421 g/mol. The Kier molecular flexibility index (Phi) is 8.95. The first-order chi connectivity index (χ1) is 11.8. The Morgan fingerprint density at radius 1 is 1.15 bits per heavy atom. The molecule has 0 saturated carbocycles. The van der Waals surface area contributed by atoms with Gasteiger partial charge in [0.1, 0.15) is 5.75 Å². The maximum absolute atomic E-state index is 12.3. The van der Waals surface area contributed by atoms with Crippen LogP contribution in [0.5, 0.6) is 5.75 Å². The fourth-order valence-electron chi connectivity index (χ4n) is 2.98. The summed E-state index contributed by atoms with van der Waals surface area (Å²) >= 11 is 5.79. The molecule has 0 amide bonds. The summed E-state index contributed by atoms with van der Waals surface area (Å²) in [5.74, 6) is 0.337. The molecule has 2 aromatic rings. The van der Waals surface area contributed by atoms with Crippen LogP contribution in [0.15, 0.2) is 47.4 Å². The molecule has 0 bridgehead atoms. The molecule has 0 radical (unpaired) electrons. The summed E-state index contributed by atoms with van der Waals surface area (Å²) in [6, 6.07) is 11.6. The van der Waals surface area contributed by atoms with Crippen molar-refractivity contribution in [1.82, 2.24) is 4.72 Å². The minimum absolute atomic E-state index is 0. The van der Waals surface area contributed by atoms with Crippen molar-refractivity contribution < 1.29 is 23.4 Å². The van der Waals surface area contributed by atoms with Gasteiger partial charge in [0.25, 0.3) is 0 Å². The number of nitrogens with one attached hydrogen (secondary N) is 1. The van der Waals surface area contributed by atoms with Gasteiger partial charge < -0.3 is 10.2 Å². The zero-order valence-electron chi connectivity index (χ0n) is 14.2. The van der Waals surface area contributed by atoms with Crippen molar-refractivity contribution in [3.63, 3.8) is 0 Å². The van der Waals surface area contributed by atoms with Gasteiger partial charge in [-0.1, -0.05) is 17.7 Å². The van der Waals surface area contributed by atoms with Crippen LogP contribution in [0.4, 0.5) is 0 Å². The predicted octanol–water partition coefficient (Wildman–Crippen LogP) is 1.49. The summed E-state index contributed by atoms with van der Waals surface area (Å²) in [5, 5.41) is 0.494. The second-order valence-electron chi connectivity index (χ2n) is 6.10. The number of esters is 1. The summed E-state index contributed by atoms with van der Waals surface area (Å²) in [6.07, 6.45) is 1.53. The molecule has 0 spiro atoms. The summed E-state index contributed by atoms with van der Waals surface area (Å²) in [4.78, 5) is 11.2. The average Bonchev–Trinajstić information content (AvgIpc) is 2.95. The molecule has 9 heteroatoms. The maximum atomic E-state index is 12.3. The summed E-state index contributed by atoms with van der Waals surface area (Å²) in [5.41, 5.74) is 2.25. The molecule has 1 atom stereocenters. The van der Waals surface area contributed by atoms with Crippen LogP contribution in [0.25, 0.3) is 0 Å². The van der Waals surface area contributed by atoms with Crippen molar-refractivity contribution in [3.8, 4) is 5.75 Å². The van der Waals surface area contributed by atoms with Crippen LogP contribution in [0.1, 0.15) is 18.1 Å². The van der Waals surface area contributed by atoms with E-state index in [1.165, 1.54) is 19.1 Å². The molecule has 0 heterocycles. The van der Waals surface area contributed by atoms with E-state index in [0.717, 1.165) is 24.0 Å². The first-order valence-electron chi connectivity index (χ1n) is 7.89. The molecule has 1 aliphatic carbocycles. The Morgan fingerprint density at radius 3 is 2.41 bits per heavy atom. The molecule has 0 fully saturated rings. The van der Waals surface area contributed by atoms with Crippen molar-refractivity contribution in [1.29, 1.82) is 0 Å². The van der Waals surface area contributed by atoms with Crippen molar-refractivity contribution in [2.24, 2.45) is 5.92 Å². The first kappa shape index (κ1) is 24.1. The summed E-state index contributed by atoms with van der Waals surface area (Å²) in [7, 11) is -3.55. The third-order valence-corrected chi connectivity index (χ3v) is 5.83. The number of rotatable bonds is 5. The van der Waals surface area contributed by atoms with E-state index >= 15 is 0 Å². The van der Waals surface area contributed by atoms with E-state index in [1.807, 2.05) is 12.1 Å². The quantitative estimate of drug-likeness (QED) is 0.448. The molecule has 27 heavy (non-hydrogen) atoms. The molecule has 2 aromatic carbocycles. The summed E-state index contributed by atoms with van der Waals surface area (Å²) < 4.78 is 32.4. The number of fused-ring (bicyclic) bond motifs is 1. The van der Waals surface area contributed by atoms with Gasteiger partial charge in [-0.2, -0.15) is 0 Å². The Labute approximate surface area is 185 Å². The Bertz CT molecular complexity index is 902. The predicted molar refractivity (Wildman–Crippen MR) is 106 cm³/mol. The van der Waals surface area contributed by atoms with E-state index in [9.17, 15) is 13.2 Å². The van der Waals surface area contributed by atoms with Crippen molar-refractivity contribution >= 4 is 57.2 Å². The van der Waals surface area contributed by atoms with Crippen LogP contribution in [-0.2, 0) is 27.7 Å². The van der Waals surface area contributed by atoms with Gasteiger partial charge in [-0.15, -0.1) is 0 Å². The number of ether oxygens (including phenoxy) is 1. The molecule has 1 aliphatic rings. The van der Waals surface area contributed by atoms with E-state index in [1.54, 1.807) is 18.2 Å². The molecular formula is C18H21ClNNaO5S. The molecule has 3 rings (SSSR count). The number of hydrogen-bond donors (Lipinski definition) is 1. The Hall–Kier alpha value is -0.930. The molecule has 0 aromatic heterocycles. The van der Waals surface area contributed by atoms with Crippen LogP contribution in [-0.4, -0.2) is 56.0 Å². The van der Waals surface area contributed by atoms with Gasteiger partial charge in [-0.05, 0) is 66.3 Å². The zero-order valence-corrected chi connectivity index (χ0v) is 15.7. The van der Waals surface area contributed by atoms with Crippen LogP contribution >= 0.6 is 11.6 Å². The second kappa shape index (κ2) is 10.0. The fourth-order valence-corrected chi connectivity index (χ4v) is 4.23. The standard InChI is InChI=1S/C18H18ClNO4S.Na.H2O.H/c1-12(21)24-17-5-2-14-8-13(9-15(14)10-17)11-20-25(22,23)18-6-3-16(19)4-7-18;;;/h2-7,10,13,20H,8-9,11H2,1H3;;1H2;. The number of carbonyl (C=O) groups is 1. The van der Waals surface area contributed by atoms with Crippen molar-refractivity contribution in [2.45, 2.75) is 24.7 Å². The molecule has 142 valence electrons. The number of sulfonamides is 1. The van der Waals surface area contributed by atoms with Gasteiger partial charge in [-0.25, -0.2) is 13.1 Å². The number of benzene rings is 2. The van der Waals surface area contributed by atoms with Crippen LogP contribution in [0, 0.1) is 5.92 Å². The zero-order chi connectivity index (χ0) is 18.0. The van der Waals surface area contributed by atoms with Gasteiger partial charge in [0.15, 0.2) is 0 Å². The van der Waals surface area contributed by atoms with E-state index in [0.29, 0.717) is 17.3 Å². The van der Waals surface area contributed by atoms with E-state index in [-0.39, 0.29) is 51.8 Å². The molecule has 0 saturated heterocycles. The molecule has 1 unspecified atom stereocenters. The summed E-state index contributed by atoms with van der Waals surface area (Å²) in [6.45, 7) is 1.71. The third kappa shape index (κ3) is 6.29. The molecular weight excluding hydrogens is 401 g/mol. The van der Waals surface area contributed by atoms with Gasteiger partial charge in [0.2, 0.25) is 10.0 Å². The molecule has 6 nitrogen and oxygen atoms in total. The number of carbonyl (C=O) groups excluding carboxylic acids is 1. The van der Waals surface area contributed by atoms with E-state index < -0.39 is 10.0 Å². The van der Waals surface area contributed by atoms with E-state index in [4.69, 9.17) is 16.3 Å². The first-order valence-corrected chi connectivity index (χ1v) is 9.75. The Balaban J connectivity index is 0.00000182. The third-order valence-electron chi connectivity index (χ3n) is 4.14. The van der Waals surface area contributed by atoms with Crippen molar-refractivity contribution in [3.05, 3.63) is 58.6 Å². The minimum atomic E-state index is -3.55. The SMILES string of the molecule is CC(=O)Oc1ccc2c(c1)CC(CNS(=O)(=O)c1ccc(Cl)cc1)C2.O.[NaH]. The topological polar surface area (TPSA) is 104 Å². The average molecular weight is 422 g/mol. The van der Waals surface area contributed by atoms with Crippen LogP contribution < -0.4 is 9.46 Å². The van der Waals surface area contributed by atoms with Gasteiger partial charge >= 0.3 is 35.5 Å².